The van der Waals surface area contributed by atoms with Gasteiger partial charge in [-0.25, -0.2) is 4.98 Å². The first-order valence-electron chi connectivity index (χ1n) is 7.04. The van der Waals surface area contributed by atoms with E-state index >= 15 is 0 Å². The maximum Gasteiger partial charge on any atom is 0.128 e. The lowest BCUT2D eigenvalue weighted by Crippen LogP contribution is -2.39. The maximum absolute atomic E-state index is 9.96. The number of rotatable bonds is 7. The van der Waals surface area contributed by atoms with E-state index in [0.717, 1.165) is 18.9 Å². The van der Waals surface area contributed by atoms with E-state index in [1.807, 2.05) is 26.1 Å². The van der Waals surface area contributed by atoms with Gasteiger partial charge in [0.25, 0.3) is 0 Å². The molecule has 0 aliphatic carbocycles. The average Bonchev–Trinajstić information content (AvgIpc) is 2.35. The molecule has 1 unspecified atom stereocenters. The zero-order valence-corrected chi connectivity index (χ0v) is 12.8. The lowest BCUT2D eigenvalue weighted by atomic mass is 10.1. The Morgan fingerprint density at radius 3 is 2.63 bits per heavy atom. The molecule has 0 radical (unpaired) electrons. The van der Waals surface area contributed by atoms with Crippen LogP contribution in [0.2, 0.25) is 0 Å². The summed E-state index contributed by atoms with van der Waals surface area (Å²) in [5.74, 6) is 0.923. The van der Waals surface area contributed by atoms with Crippen LogP contribution < -0.4 is 10.2 Å². The minimum Gasteiger partial charge on any atom is -0.389 e. The van der Waals surface area contributed by atoms with Crippen LogP contribution >= 0.6 is 0 Å². The average molecular weight is 265 g/mol. The van der Waals surface area contributed by atoms with Gasteiger partial charge in [0.05, 0.1) is 5.60 Å². The summed E-state index contributed by atoms with van der Waals surface area (Å²) in [5, 5.41) is 13.4. The van der Waals surface area contributed by atoms with Gasteiger partial charge in [-0.2, -0.15) is 0 Å². The summed E-state index contributed by atoms with van der Waals surface area (Å²) in [6, 6.07) is 4.45. The Hall–Kier alpha value is -1.13. The highest BCUT2D eigenvalue weighted by Gasteiger charge is 2.18. The van der Waals surface area contributed by atoms with Gasteiger partial charge in [0.2, 0.25) is 0 Å². The summed E-state index contributed by atoms with van der Waals surface area (Å²) >= 11 is 0. The maximum atomic E-state index is 9.96. The summed E-state index contributed by atoms with van der Waals surface area (Å²) in [5.41, 5.74) is 0.502. The van der Waals surface area contributed by atoms with E-state index in [2.05, 4.69) is 42.0 Å². The fourth-order valence-corrected chi connectivity index (χ4v) is 2.12. The molecule has 4 heteroatoms. The molecule has 1 aromatic rings. The second kappa shape index (κ2) is 6.87. The monoisotopic (exact) mass is 265 g/mol. The first-order chi connectivity index (χ1) is 8.87. The number of aromatic nitrogens is 1. The zero-order valence-electron chi connectivity index (χ0n) is 12.8. The fourth-order valence-electron chi connectivity index (χ4n) is 2.12. The van der Waals surface area contributed by atoms with E-state index in [0.29, 0.717) is 12.6 Å². The Morgan fingerprint density at radius 1 is 1.42 bits per heavy atom. The van der Waals surface area contributed by atoms with Gasteiger partial charge in [-0.05, 0) is 51.9 Å². The molecule has 0 aliphatic rings. The Kier molecular flexibility index (Phi) is 5.76. The van der Waals surface area contributed by atoms with Crippen molar-refractivity contribution in [1.82, 2.24) is 10.3 Å². The van der Waals surface area contributed by atoms with Crippen LogP contribution in [0, 0.1) is 0 Å². The normalized spacial score (nSPS) is 13.4. The van der Waals surface area contributed by atoms with Gasteiger partial charge in [0.1, 0.15) is 5.82 Å². The van der Waals surface area contributed by atoms with Gasteiger partial charge in [-0.1, -0.05) is 6.92 Å². The van der Waals surface area contributed by atoms with Gasteiger partial charge in [-0.15, -0.1) is 0 Å². The van der Waals surface area contributed by atoms with E-state index in [4.69, 9.17) is 0 Å². The molecule has 0 aliphatic heterocycles. The van der Waals surface area contributed by atoms with Gasteiger partial charge < -0.3 is 15.3 Å². The molecule has 2 N–H and O–H groups in total. The van der Waals surface area contributed by atoms with Crippen molar-refractivity contribution in [3.8, 4) is 0 Å². The second-order valence-corrected chi connectivity index (χ2v) is 5.55. The molecule has 1 aromatic heterocycles. The second-order valence-electron chi connectivity index (χ2n) is 5.55. The Labute approximate surface area is 116 Å². The third-order valence-electron chi connectivity index (χ3n) is 3.06. The van der Waals surface area contributed by atoms with Gasteiger partial charge in [0, 0.05) is 25.3 Å². The Morgan fingerprint density at radius 2 is 2.11 bits per heavy atom. The minimum atomic E-state index is -0.721. The van der Waals surface area contributed by atoms with Crippen LogP contribution in [0.1, 0.15) is 46.2 Å². The standard InChI is InChI=1S/C15H27N3O/c1-6-16-12(3)13-8-9-17-14(10-13)18(7-2)11-15(4,5)19/h8-10,12,16,19H,6-7,11H2,1-5H3. The molecule has 19 heavy (non-hydrogen) atoms. The van der Waals surface area contributed by atoms with Crippen molar-refractivity contribution < 1.29 is 5.11 Å². The summed E-state index contributed by atoms with van der Waals surface area (Å²) in [7, 11) is 0. The quantitative estimate of drug-likeness (QED) is 0.794. The smallest absolute Gasteiger partial charge is 0.128 e. The van der Waals surface area contributed by atoms with E-state index < -0.39 is 5.60 Å². The minimum absolute atomic E-state index is 0.313. The van der Waals surface area contributed by atoms with Gasteiger partial charge >= 0.3 is 0 Å². The van der Waals surface area contributed by atoms with E-state index in [9.17, 15) is 5.11 Å². The predicted molar refractivity (Wildman–Crippen MR) is 80.5 cm³/mol. The lowest BCUT2D eigenvalue weighted by Gasteiger charge is -2.29. The van der Waals surface area contributed by atoms with Crippen molar-refractivity contribution in [3.05, 3.63) is 23.9 Å². The number of hydrogen-bond acceptors (Lipinski definition) is 4. The van der Waals surface area contributed by atoms with Crippen LogP contribution in [-0.2, 0) is 0 Å². The lowest BCUT2D eigenvalue weighted by molar-refractivity contribution is 0.0874. The molecule has 0 fully saturated rings. The molecule has 4 nitrogen and oxygen atoms in total. The first kappa shape index (κ1) is 15.9. The van der Waals surface area contributed by atoms with Crippen molar-refractivity contribution in [2.75, 3.05) is 24.5 Å². The van der Waals surface area contributed by atoms with E-state index in [1.54, 1.807) is 0 Å². The largest absolute Gasteiger partial charge is 0.389 e. The molecule has 0 saturated carbocycles. The van der Waals surface area contributed by atoms with Crippen molar-refractivity contribution in [3.63, 3.8) is 0 Å². The highest BCUT2D eigenvalue weighted by Crippen LogP contribution is 2.19. The molecular formula is C15H27N3O. The summed E-state index contributed by atoms with van der Waals surface area (Å²) in [6.07, 6.45) is 1.84. The van der Waals surface area contributed by atoms with Crippen LogP contribution in [-0.4, -0.2) is 35.3 Å². The molecule has 1 atom stereocenters. The molecule has 0 bridgehead atoms. The van der Waals surface area contributed by atoms with Gasteiger partial charge in [0.15, 0.2) is 0 Å². The van der Waals surface area contributed by atoms with Crippen LogP contribution in [0.3, 0.4) is 0 Å². The van der Waals surface area contributed by atoms with Gasteiger partial charge in [-0.3, -0.25) is 0 Å². The van der Waals surface area contributed by atoms with Crippen LogP contribution in [0.25, 0.3) is 0 Å². The molecule has 0 aromatic carbocycles. The molecular weight excluding hydrogens is 238 g/mol. The van der Waals surface area contributed by atoms with Crippen LogP contribution in [0.4, 0.5) is 5.82 Å². The fraction of sp³-hybridized carbons (Fsp3) is 0.667. The third kappa shape index (κ3) is 5.17. The summed E-state index contributed by atoms with van der Waals surface area (Å²) < 4.78 is 0. The van der Waals surface area contributed by atoms with Crippen molar-refractivity contribution in [2.24, 2.45) is 0 Å². The van der Waals surface area contributed by atoms with Crippen LogP contribution in [0.5, 0.6) is 0 Å². The van der Waals surface area contributed by atoms with E-state index in [1.165, 1.54) is 5.56 Å². The first-order valence-corrected chi connectivity index (χ1v) is 7.04. The summed E-state index contributed by atoms with van der Waals surface area (Å²) in [4.78, 5) is 6.52. The highest BCUT2D eigenvalue weighted by molar-refractivity contribution is 5.42. The third-order valence-corrected chi connectivity index (χ3v) is 3.06. The van der Waals surface area contributed by atoms with E-state index in [-0.39, 0.29) is 0 Å². The molecule has 0 spiro atoms. The molecule has 1 heterocycles. The SMILES string of the molecule is CCNC(C)c1ccnc(N(CC)CC(C)(C)O)c1. The number of nitrogens with one attached hydrogen (secondary N) is 1. The number of aliphatic hydroxyl groups is 1. The highest BCUT2D eigenvalue weighted by atomic mass is 16.3. The molecule has 0 saturated heterocycles. The summed E-state index contributed by atoms with van der Waals surface area (Å²) in [6.45, 7) is 12.3. The molecule has 0 amide bonds. The van der Waals surface area contributed by atoms with Crippen LogP contribution in [0.15, 0.2) is 18.3 Å². The van der Waals surface area contributed by atoms with Crippen molar-refractivity contribution in [2.45, 2.75) is 46.3 Å². The molecule has 1 rings (SSSR count). The zero-order chi connectivity index (χ0) is 14.5. The number of anilines is 1. The van der Waals surface area contributed by atoms with Crippen molar-refractivity contribution in [1.29, 1.82) is 0 Å². The number of pyridine rings is 1. The Balaban J connectivity index is 2.90. The number of likely N-dealkylation sites (N-methyl/N-ethyl adjacent to an activating group) is 1. The topological polar surface area (TPSA) is 48.4 Å². The number of nitrogens with zero attached hydrogens (tertiary/aromatic N) is 2. The van der Waals surface area contributed by atoms with Crippen molar-refractivity contribution >= 4 is 5.82 Å². The number of hydrogen-bond donors (Lipinski definition) is 2. The molecule has 108 valence electrons. The Bertz CT molecular complexity index is 387. The predicted octanol–water partition coefficient (Wildman–Crippen LogP) is 2.35.